The Kier molecular flexibility index (Phi) is 3.99. The summed E-state index contributed by atoms with van der Waals surface area (Å²) < 4.78 is 31.4. The standard InChI is InChI=1S/C11H10F2N4O3/c12-7-4-6(9(17(18)19)5-8(7)13)11-16-15-10(20-11)2-1-3-14/h4-5H,1-3,14H2. The Labute approximate surface area is 111 Å². The Morgan fingerprint density at radius 1 is 1.30 bits per heavy atom. The van der Waals surface area contributed by atoms with Crippen molar-refractivity contribution in [3.05, 3.63) is 39.8 Å². The minimum absolute atomic E-state index is 0.226. The lowest BCUT2D eigenvalue weighted by atomic mass is 10.1. The van der Waals surface area contributed by atoms with E-state index in [9.17, 15) is 18.9 Å². The third-order valence-corrected chi connectivity index (χ3v) is 2.53. The molecule has 1 heterocycles. The van der Waals surface area contributed by atoms with E-state index in [2.05, 4.69) is 10.2 Å². The van der Waals surface area contributed by atoms with Crippen LogP contribution in [0, 0.1) is 21.7 Å². The van der Waals surface area contributed by atoms with Crippen molar-refractivity contribution in [3.8, 4) is 11.5 Å². The van der Waals surface area contributed by atoms with Crippen LogP contribution in [0.25, 0.3) is 11.5 Å². The Morgan fingerprint density at radius 2 is 2.00 bits per heavy atom. The van der Waals surface area contributed by atoms with Crippen LogP contribution in [0.1, 0.15) is 12.3 Å². The van der Waals surface area contributed by atoms with Crippen LogP contribution >= 0.6 is 0 Å². The Balaban J connectivity index is 2.43. The molecular formula is C11H10F2N4O3. The van der Waals surface area contributed by atoms with Gasteiger partial charge in [-0.05, 0) is 19.0 Å². The molecule has 2 aromatic rings. The molecule has 1 aromatic carbocycles. The molecule has 1 aromatic heterocycles. The number of nitrogens with zero attached hydrogens (tertiary/aromatic N) is 3. The fourth-order valence-electron chi connectivity index (χ4n) is 1.58. The molecule has 106 valence electrons. The maximum Gasteiger partial charge on any atom is 0.285 e. The van der Waals surface area contributed by atoms with Crippen molar-refractivity contribution in [2.75, 3.05) is 6.54 Å². The molecule has 0 fully saturated rings. The van der Waals surface area contributed by atoms with Crippen LogP contribution in [-0.4, -0.2) is 21.7 Å². The molecule has 0 saturated heterocycles. The Bertz CT molecular complexity index is 645. The van der Waals surface area contributed by atoms with Gasteiger partial charge in [0.1, 0.15) is 5.56 Å². The second-order valence-corrected chi connectivity index (χ2v) is 3.93. The summed E-state index contributed by atoms with van der Waals surface area (Å²) >= 11 is 0. The SMILES string of the molecule is NCCCc1nnc(-c2cc(F)c(F)cc2[N+](=O)[O-])o1. The van der Waals surface area contributed by atoms with Crippen molar-refractivity contribution >= 4 is 5.69 Å². The zero-order chi connectivity index (χ0) is 14.7. The van der Waals surface area contributed by atoms with Crippen molar-refractivity contribution in [2.24, 2.45) is 5.73 Å². The van der Waals surface area contributed by atoms with Crippen LogP contribution in [0.15, 0.2) is 16.5 Å². The molecule has 0 aliphatic rings. The summed E-state index contributed by atoms with van der Waals surface area (Å²) in [7, 11) is 0. The van der Waals surface area contributed by atoms with Gasteiger partial charge in [0.25, 0.3) is 11.6 Å². The van der Waals surface area contributed by atoms with E-state index in [1.165, 1.54) is 0 Å². The van der Waals surface area contributed by atoms with Crippen LogP contribution in [0.5, 0.6) is 0 Å². The topological polar surface area (TPSA) is 108 Å². The summed E-state index contributed by atoms with van der Waals surface area (Å²) in [5, 5.41) is 18.1. The first-order valence-electron chi connectivity index (χ1n) is 5.69. The first kappa shape index (κ1) is 14.0. The Morgan fingerprint density at radius 3 is 2.65 bits per heavy atom. The van der Waals surface area contributed by atoms with Gasteiger partial charge >= 0.3 is 0 Å². The highest BCUT2D eigenvalue weighted by atomic mass is 19.2. The van der Waals surface area contributed by atoms with E-state index in [1.807, 2.05) is 0 Å². The Hall–Kier alpha value is -2.42. The number of halogens is 2. The fourth-order valence-corrected chi connectivity index (χ4v) is 1.58. The van der Waals surface area contributed by atoms with Crippen molar-refractivity contribution in [1.82, 2.24) is 10.2 Å². The molecular weight excluding hydrogens is 274 g/mol. The lowest BCUT2D eigenvalue weighted by Gasteiger charge is -1.99. The highest BCUT2D eigenvalue weighted by Gasteiger charge is 2.23. The van der Waals surface area contributed by atoms with Crippen molar-refractivity contribution in [3.63, 3.8) is 0 Å². The lowest BCUT2D eigenvalue weighted by molar-refractivity contribution is -0.384. The quantitative estimate of drug-likeness (QED) is 0.662. The number of nitrogens with two attached hydrogens (primary N) is 1. The number of hydrogen-bond acceptors (Lipinski definition) is 6. The van der Waals surface area contributed by atoms with E-state index in [4.69, 9.17) is 10.2 Å². The second-order valence-electron chi connectivity index (χ2n) is 3.93. The van der Waals surface area contributed by atoms with E-state index in [0.717, 1.165) is 0 Å². The summed E-state index contributed by atoms with van der Waals surface area (Å²) in [6.45, 7) is 0.420. The van der Waals surface area contributed by atoms with Crippen LogP contribution in [0.2, 0.25) is 0 Å². The van der Waals surface area contributed by atoms with Gasteiger partial charge in [-0.2, -0.15) is 0 Å². The highest BCUT2D eigenvalue weighted by molar-refractivity contribution is 5.66. The smallest absolute Gasteiger partial charge is 0.285 e. The number of aryl methyl sites for hydroxylation is 1. The van der Waals surface area contributed by atoms with Gasteiger partial charge < -0.3 is 10.2 Å². The molecule has 0 spiro atoms. The van der Waals surface area contributed by atoms with Gasteiger partial charge in [-0.3, -0.25) is 10.1 Å². The number of aromatic nitrogens is 2. The summed E-state index contributed by atoms with van der Waals surface area (Å²) in [5.74, 6) is -2.55. The molecule has 0 unspecified atom stereocenters. The number of rotatable bonds is 5. The maximum atomic E-state index is 13.2. The van der Waals surface area contributed by atoms with Crippen LogP contribution in [0.3, 0.4) is 0 Å². The van der Waals surface area contributed by atoms with Crippen LogP contribution in [-0.2, 0) is 6.42 Å². The highest BCUT2D eigenvalue weighted by Crippen LogP contribution is 2.31. The molecule has 0 amide bonds. The first-order chi connectivity index (χ1) is 9.52. The zero-order valence-corrected chi connectivity index (χ0v) is 10.2. The number of hydrogen-bond donors (Lipinski definition) is 1. The number of nitro groups is 1. The summed E-state index contributed by atoms with van der Waals surface area (Å²) in [6, 6.07) is 1.14. The molecule has 0 aliphatic heterocycles. The molecule has 9 heteroatoms. The molecule has 2 N–H and O–H groups in total. The molecule has 0 bridgehead atoms. The van der Waals surface area contributed by atoms with Gasteiger partial charge in [-0.25, -0.2) is 8.78 Å². The molecule has 0 aliphatic carbocycles. The van der Waals surface area contributed by atoms with E-state index in [0.29, 0.717) is 31.5 Å². The van der Waals surface area contributed by atoms with Gasteiger partial charge in [-0.15, -0.1) is 10.2 Å². The normalized spacial score (nSPS) is 10.8. The molecule has 7 nitrogen and oxygen atoms in total. The lowest BCUT2D eigenvalue weighted by Crippen LogP contribution is -2.00. The average Bonchev–Trinajstić information content (AvgIpc) is 2.87. The molecule has 0 saturated carbocycles. The van der Waals surface area contributed by atoms with Crippen LogP contribution < -0.4 is 5.73 Å². The van der Waals surface area contributed by atoms with Crippen molar-refractivity contribution in [2.45, 2.75) is 12.8 Å². The predicted octanol–water partition coefficient (Wildman–Crippen LogP) is 1.81. The largest absolute Gasteiger partial charge is 0.420 e. The van der Waals surface area contributed by atoms with Crippen molar-refractivity contribution < 1.29 is 18.1 Å². The van der Waals surface area contributed by atoms with Gasteiger partial charge in [0.15, 0.2) is 11.6 Å². The number of benzene rings is 1. The van der Waals surface area contributed by atoms with E-state index >= 15 is 0 Å². The van der Waals surface area contributed by atoms with Gasteiger partial charge in [0.2, 0.25) is 5.89 Å². The number of nitro benzene ring substituents is 1. The van der Waals surface area contributed by atoms with E-state index in [1.54, 1.807) is 0 Å². The maximum absolute atomic E-state index is 13.2. The minimum Gasteiger partial charge on any atom is -0.420 e. The van der Waals surface area contributed by atoms with Crippen molar-refractivity contribution in [1.29, 1.82) is 0 Å². The summed E-state index contributed by atoms with van der Waals surface area (Å²) in [5.41, 5.74) is 4.42. The molecule has 20 heavy (non-hydrogen) atoms. The summed E-state index contributed by atoms with van der Waals surface area (Å²) in [4.78, 5) is 10.0. The minimum atomic E-state index is -1.32. The van der Waals surface area contributed by atoms with Gasteiger partial charge in [0.05, 0.1) is 11.0 Å². The average molecular weight is 284 g/mol. The monoisotopic (exact) mass is 284 g/mol. The molecule has 2 rings (SSSR count). The van der Waals surface area contributed by atoms with E-state index in [-0.39, 0.29) is 17.3 Å². The zero-order valence-electron chi connectivity index (χ0n) is 10.2. The molecule has 0 atom stereocenters. The molecule has 0 radical (unpaired) electrons. The third kappa shape index (κ3) is 2.77. The second kappa shape index (κ2) is 5.70. The summed E-state index contributed by atoms with van der Waals surface area (Å²) in [6.07, 6.45) is 1.00. The fraction of sp³-hybridized carbons (Fsp3) is 0.273. The third-order valence-electron chi connectivity index (χ3n) is 2.53. The van der Waals surface area contributed by atoms with Crippen LogP contribution in [0.4, 0.5) is 14.5 Å². The van der Waals surface area contributed by atoms with Gasteiger partial charge in [0, 0.05) is 6.42 Å². The predicted molar refractivity (Wildman–Crippen MR) is 63.7 cm³/mol. The van der Waals surface area contributed by atoms with Gasteiger partial charge in [-0.1, -0.05) is 0 Å². The first-order valence-corrected chi connectivity index (χ1v) is 5.69. The van der Waals surface area contributed by atoms with E-state index < -0.39 is 22.2 Å².